The van der Waals surface area contributed by atoms with E-state index >= 15 is 0 Å². The van der Waals surface area contributed by atoms with Crippen LogP contribution >= 0.6 is 0 Å². The first-order chi connectivity index (χ1) is 16.1. The van der Waals surface area contributed by atoms with Crippen molar-refractivity contribution < 1.29 is 29.0 Å². The molecule has 3 saturated carbocycles. The van der Waals surface area contributed by atoms with Crippen LogP contribution in [0, 0.1) is 33.5 Å². The SMILES string of the molecule is CC[C@@]1(C)CCC[C@]2(C)[C@H]3C[C@H](OC(C)=O)[C@@]4(C)C(=CC(=O)C5=C4C(=O)OC5(C)O)[C@]3(C)CC[C@@H]12. The van der Waals surface area contributed by atoms with Gasteiger partial charge in [-0.05, 0) is 78.8 Å². The average molecular weight is 485 g/mol. The largest absolute Gasteiger partial charge is 0.461 e. The Kier molecular flexibility index (Phi) is 5.16. The van der Waals surface area contributed by atoms with Crippen molar-refractivity contribution in [2.24, 2.45) is 33.5 Å². The summed E-state index contributed by atoms with van der Waals surface area (Å²) in [5.74, 6) is -2.69. The van der Waals surface area contributed by atoms with Gasteiger partial charge in [-0.25, -0.2) is 4.79 Å². The fourth-order valence-electron chi connectivity index (χ4n) is 9.57. The number of allylic oxidation sites excluding steroid dienone is 1. The van der Waals surface area contributed by atoms with E-state index in [0.717, 1.165) is 31.3 Å². The zero-order valence-corrected chi connectivity index (χ0v) is 22.2. The van der Waals surface area contributed by atoms with Gasteiger partial charge in [0.1, 0.15) is 6.10 Å². The molecular formula is C29H40O6. The van der Waals surface area contributed by atoms with Gasteiger partial charge in [-0.2, -0.15) is 0 Å². The highest BCUT2D eigenvalue weighted by atomic mass is 16.7. The minimum Gasteiger partial charge on any atom is -0.461 e. The maximum Gasteiger partial charge on any atom is 0.338 e. The van der Waals surface area contributed by atoms with Gasteiger partial charge in [0.05, 0.1) is 16.6 Å². The number of rotatable bonds is 2. The topological polar surface area (TPSA) is 89.9 Å². The Balaban J connectivity index is 1.71. The van der Waals surface area contributed by atoms with Crippen LogP contribution in [-0.2, 0) is 23.9 Å². The Morgan fingerprint density at radius 1 is 1.09 bits per heavy atom. The van der Waals surface area contributed by atoms with Gasteiger partial charge in [-0.3, -0.25) is 9.59 Å². The highest BCUT2D eigenvalue weighted by Crippen LogP contribution is 2.73. The van der Waals surface area contributed by atoms with Gasteiger partial charge in [-0.15, -0.1) is 0 Å². The predicted octanol–water partition coefficient (Wildman–Crippen LogP) is 5.04. The maximum atomic E-state index is 13.5. The molecule has 0 aromatic rings. The van der Waals surface area contributed by atoms with Gasteiger partial charge in [-0.1, -0.05) is 40.5 Å². The van der Waals surface area contributed by atoms with E-state index in [1.54, 1.807) is 6.08 Å². The molecule has 1 heterocycles. The Morgan fingerprint density at radius 3 is 2.40 bits per heavy atom. The number of hydrogen-bond donors (Lipinski definition) is 1. The summed E-state index contributed by atoms with van der Waals surface area (Å²) in [7, 11) is 0. The monoisotopic (exact) mass is 484 g/mol. The van der Waals surface area contributed by atoms with Gasteiger partial charge in [0.25, 0.3) is 0 Å². The lowest BCUT2D eigenvalue weighted by atomic mass is 9.36. The number of ketones is 1. The minimum atomic E-state index is -1.98. The van der Waals surface area contributed by atoms with Gasteiger partial charge in [0.15, 0.2) is 5.78 Å². The second kappa shape index (κ2) is 7.30. The standard InChI is InChI=1S/C29H40O6/c1-8-25(3)11-9-12-26(4)18(25)10-13-27(5)19(26)15-21(34-16(2)30)28(6)20(27)14-17(31)22-23(28)24(32)35-29(22,7)33/h14,18-19,21,33H,8-13,15H2,1-7H3/t18-,19+,21-,25-,26-,27+,28+,29?/m0/s1. The van der Waals surface area contributed by atoms with Crippen LogP contribution < -0.4 is 0 Å². The molecule has 3 fully saturated rings. The quantitative estimate of drug-likeness (QED) is 0.553. The van der Waals surface area contributed by atoms with Crippen LogP contribution in [0.4, 0.5) is 0 Å². The molecule has 0 amide bonds. The molecule has 0 aromatic carbocycles. The average Bonchev–Trinajstić information content (AvgIpc) is 3.00. The number of esters is 2. The van der Waals surface area contributed by atoms with E-state index in [0.29, 0.717) is 12.3 Å². The molecule has 0 saturated heterocycles. The zero-order chi connectivity index (χ0) is 25.8. The summed E-state index contributed by atoms with van der Waals surface area (Å²) in [6, 6.07) is 0. The summed E-state index contributed by atoms with van der Waals surface area (Å²) in [5.41, 5.74) is -0.0129. The van der Waals surface area contributed by atoms with E-state index in [1.807, 2.05) is 6.92 Å². The van der Waals surface area contributed by atoms with Crippen LogP contribution in [0.1, 0.15) is 93.4 Å². The van der Waals surface area contributed by atoms with Crippen LogP contribution in [0.3, 0.4) is 0 Å². The molecule has 0 aromatic heterocycles. The molecule has 1 aliphatic heterocycles. The normalized spacial score (nSPS) is 48.8. The lowest BCUT2D eigenvalue weighted by Crippen LogP contribution is -2.63. The molecule has 0 spiro atoms. The third-order valence-electron chi connectivity index (χ3n) is 11.3. The van der Waals surface area contributed by atoms with Crippen molar-refractivity contribution in [1.29, 1.82) is 0 Å². The highest BCUT2D eigenvalue weighted by Gasteiger charge is 2.69. The number of aliphatic hydroxyl groups is 1. The van der Waals surface area contributed by atoms with Gasteiger partial charge < -0.3 is 14.6 Å². The van der Waals surface area contributed by atoms with Crippen molar-refractivity contribution in [3.05, 3.63) is 22.8 Å². The molecule has 1 N–H and O–H groups in total. The number of ether oxygens (including phenoxy) is 2. The molecule has 35 heavy (non-hydrogen) atoms. The summed E-state index contributed by atoms with van der Waals surface area (Å²) >= 11 is 0. The second-order valence-corrected chi connectivity index (χ2v) is 13.0. The first kappa shape index (κ1) is 24.7. The molecule has 192 valence electrons. The van der Waals surface area contributed by atoms with E-state index in [9.17, 15) is 19.5 Å². The summed E-state index contributed by atoms with van der Waals surface area (Å²) in [6.07, 6.45) is 8.29. The lowest BCUT2D eigenvalue weighted by Gasteiger charge is -2.68. The van der Waals surface area contributed by atoms with E-state index in [4.69, 9.17) is 9.47 Å². The van der Waals surface area contributed by atoms with Gasteiger partial charge >= 0.3 is 11.9 Å². The molecule has 5 aliphatic rings. The molecular weight excluding hydrogens is 444 g/mol. The number of carbonyl (C=O) groups is 3. The highest BCUT2D eigenvalue weighted by molar-refractivity contribution is 6.16. The van der Waals surface area contributed by atoms with Crippen molar-refractivity contribution in [2.45, 2.75) is 105 Å². The Morgan fingerprint density at radius 2 is 1.77 bits per heavy atom. The van der Waals surface area contributed by atoms with Crippen LogP contribution in [0.15, 0.2) is 22.8 Å². The maximum absolute atomic E-state index is 13.5. The van der Waals surface area contributed by atoms with Crippen molar-refractivity contribution >= 4 is 17.7 Å². The Labute approximate surface area is 208 Å². The van der Waals surface area contributed by atoms with E-state index < -0.39 is 29.2 Å². The van der Waals surface area contributed by atoms with Crippen LogP contribution in [0.2, 0.25) is 0 Å². The van der Waals surface area contributed by atoms with Crippen molar-refractivity contribution in [1.82, 2.24) is 0 Å². The fourth-order valence-corrected chi connectivity index (χ4v) is 9.57. The third-order valence-corrected chi connectivity index (χ3v) is 11.3. The van der Waals surface area contributed by atoms with E-state index in [-0.39, 0.29) is 39.1 Å². The molecule has 0 bridgehead atoms. The van der Waals surface area contributed by atoms with Crippen molar-refractivity contribution in [3.63, 3.8) is 0 Å². The molecule has 5 rings (SSSR count). The summed E-state index contributed by atoms with van der Waals surface area (Å²) < 4.78 is 11.3. The number of fused-ring (bicyclic) bond motifs is 6. The molecule has 4 aliphatic carbocycles. The van der Waals surface area contributed by atoms with Crippen molar-refractivity contribution in [3.8, 4) is 0 Å². The van der Waals surface area contributed by atoms with Crippen LogP contribution in [-0.4, -0.2) is 34.7 Å². The van der Waals surface area contributed by atoms with Crippen LogP contribution in [0.25, 0.3) is 0 Å². The lowest BCUT2D eigenvalue weighted by molar-refractivity contribution is -0.183. The molecule has 8 atom stereocenters. The molecule has 6 heteroatoms. The Hall–Kier alpha value is -1.95. The predicted molar refractivity (Wildman–Crippen MR) is 130 cm³/mol. The third kappa shape index (κ3) is 3.01. The van der Waals surface area contributed by atoms with Gasteiger partial charge in [0.2, 0.25) is 5.79 Å². The molecule has 6 nitrogen and oxygen atoms in total. The Bertz CT molecular complexity index is 1080. The fraction of sp³-hybridized carbons (Fsp3) is 0.759. The number of carbonyl (C=O) groups excluding carboxylic acids is 3. The summed E-state index contributed by atoms with van der Waals surface area (Å²) in [5, 5.41) is 10.8. The van der Waals surface area contributed by atoms with Gasteiger partial charge in [0, 0.05) is 13.8 Å². The van der Waals surface area contributed by atoms with Crippen LogP contribution in [0.5, 0.6) is 0 Å². The zero-order valence-electron chi connectivity index (χ0n) is 22.2. The molecule has 1 unspecified atom stereocenters. The van der Waals surface area contributed by atoms with E-state index in [1.165, 1.54) is 26.7 Å². The summed E-state index contributed by atoms with van der Waals surface area (Å²) in [6.45, 7) is 14.0. The van der Waals surface area contributed by atoms with E-state index in [2.05, 4.69) is 27.7 Å². The first-order valence-corrected chi connectivity index (χ1v) is 13.3. The smallest absolute Gasteiger partial charge is 0.338 e. The number of hydrogen-bond acceptors (Lipinski definition) is 6. The second-order valence-electron chi connectivity index (χ2n) is 13.0. The molecule has 0 radical (unpaired) electrons. The number of cyclic esters (lactones) is 1. The van der Waals surface area contributed by atoms with Crippen molar-refractivity contribution in [2.75, 3.05) is 0 Å². The summed E-state index contributed by atoms with van der Waals surface area (Å²) in [4.78, 5) is 39.0. The minimum absolute atomic E-state index is 0.0101. The first-order valence-electron chi connectivity index (χ1n) is 13.3.